The number of nitrogens with zero attached hydrogens (tertiary/aromatic N) is 1. The van der Waals surface area contributed by atoms with Gasteiger partial charge in [0.2, 0.25) is 0 Å². The summed E-state index contributed by atoms with van der Waals surface area (Å²) in [7, 11) is 2.71. The first-order valence-electron chi connectivity index (χ1n) is 11.7. The van der Waals surface area contributed by atoms with Gasteiger partial charge in [0.15, 0.2) is 11.9 Å². The molecule has 1 aromatic rings. The van der Waals surface area contributed by atoms with Gasteiger partial charge in [-0.15, -0.1) is 0 Å². The fourth-order valence-corrected chi connectivity index (χ4v) is 4.43. The molecule has 0 aliphatic carbocycles. The van der Waals surface area contributed by atoms with Crippen molar-refractivity contribution >= 4 is 17.8 Å². The summed E-state index contributed by atoms with van der Waals surface area (Å²) in [6, 6.07) is 8.73. The molecule has 0 bridgehead atoms. The first-order valence-corrected chi connectivity index (χ1v) is 11.7. The first-order chi connectivity index (χ1) is 17.2. The molecule has 10 nitrogen and oxygen atoms in total. The summed E-state index contributed by atoms with van der Waals surface area (Å²) in [6.07, 6.45) is 2.04. The molecule has 0 radical (unpaired) electrons. The SMILES string of the molecule is COC(=O)C[C@H]1O[C@H]([C@@H]2COC(C)(C)O2)C=C1N1C(=O)[C@@H](OC)[C@H]1/C=C/C(=O)OCc1ccccc1. The molecule has 0 aromatic heterocycles. The number of rotatable bonds is 9. The van der Waals surface area contributed by atoms with Gasteiger partial charge >= 0.3 is 11.9 Å². The first kappa shape index (κ1) is 26.0. The minimum Gasteiger partial charge on any atom is -0.469 e. The van der Waals surface area contributed by atoms with Crippen LogP contribution in [0.3, 0.4) is 0 Å². The van der Waals surface area contributed by atoms with E-state index in [0.717, 1.165) is 5.56 Å². The van der Waals surface area contributed by atoms with Crippen LogP contribution < -0.4 is 0 Å². The molecule has 10 heteroatoms. The van der Waals surface area contributed by atoms with Crippen LogP contribution >= 0.6 is 0 Å². The van der Waals surface area contributed by atoms with E-state index in [4.69, 9.17) is 28.4 Å². The Bertz CT molecular complexity index is 1040. The van der Waals surface area contributed by atoms with Gasteiger partial charge in [-0.1, -0.05) is 36.4 Å². The Morgan fingerprint density at radius 2 is 1.94 bits per heavy atom. The molecule has 3 aliphatic heterocycles. The number of methoxy groups -OCH3 is 2. The third kappa shape index (κ3) is 5.67. The van der Waals surface area contributed by atoms with Crippen molar-refractivity contribution in [1.29, 1.82) is 0 Å². The molecule has 0 spiro atoms. The van der Waals surface area contributed by atoms with Crippen molar-refractivity contribution < 1.29 is 42.8 Å². The van der Waals surface area contributed by atoms with Crippen LogP contribution in [-0.4, -0.2) is 79.8 Å². The van der Waals surface area contributed by atoms with Crippen LogP contribution in [0.5, 0.6) is 0 Å². The number of β-lactam (4-membered cyclic amide) rings is 1. The van der Waals surface area contributed by atoms with Crippen molar-refractivity contribution in [3.05, 3.63) is 59.8 Å². The van der Waals surface area contributed by atoms with E-state index in [9.17, 15) is 14.4 Å². The second-order valence-corrected chi connectivity index (χ2v) is 9.14. The van der Waals surface area contributed by atoms with Gasteiger partial charge < -0.3 is 33.3 Å². The van der Waals surface area contributed by atoms with Gasteiger partial charge in [-0.25, -0.2) is 4.79 Å². The van der Waals surface area contributed by atoms with Crippen LogP contribution in [0.4, 0.5) is 0 Å². The highest BCUT2D eigenvalue weighted by molar-refractivity contribution is 5.92. The fourth-order valence-electron chi connectivity index (χ4n) is 4.43. The number of hydrogen-bond acceptors (Lipinski definition) is 9. The van der Waals surface area contributed by atoms with E-state index in [0.29, 0.717) is 12.3 Å². The minimum absolute atomic E-state index is 0.0905. The highest BCUT2D eigenvalue weighted by Gasteiger charge is 2.52. The summed E-state index contributed by atoms with van der Waals surface area (Å²) in [6.45, 7) is 4.04. The van der Waals surface area contributed by atoms with E-state index >= 15 is 0 Å². The van der Waals surface area contributed by atoms with Crippen molar-refractivity contribution in [3.63, 3.8) is 0 Å². The Morgan fingerprint density at radius 3 is 2.58 bits per heavy atom. The summed E-state index contributed by atoms with van der Waals surface area (Å²) in [4.78, 5) is 38.8. The Morgan fingerprint density at radius 1 is 1.19 bits per heavy atom. The lowest BCUT2D eigenvalue weighted by Crippen LogP contribution is -2.64. The van der Waals surface area contributed by atoms with Crippen LogP contribution in [0.1, 0.15) is 25.8 Å². The Kier molecular flexibility index (Phi) is 7.89. The average Bonchev–Trinajstić information content (AvgIpc) is 3.43. The second-order valence-electron chi connectivity index (χ2n) is 9.14. The van der Waals surface area contributed by atoms with Crippen molar-refractivity contribution in [2.24, 2.45) is 0 Å². The van der Waals surface area contributed by atoms with E-state index in [1.165, 1.54) is 25.2 Å². The fraction of sp³-hybridized carbons (Fsp3) is 0.500. The van der Waals surface area contributed by atoms with Crippen molar-refractivity contribution in [1.82, 2.24) is 4.90 Å². The predicted molar refractivity (Wildman–Crippen MR) is 125 cm³/mol. The van der Waals surface area contributed by atoms with Crippen molar-refractivity contribution in [3.8, 4) is 0 Å². The van der Waals surface area contributed by atoms with Gasteiger partial charge in [0.1, 0.15) is 24.9 Å². The van der Waals surface area contributed by atoms with Gasteiger partial charge in [-0.2, -0.15) is 0 Å². The van der Waals surface area contributed by atoms with Crippen molar-refractivity contribution in [2.75, 3.05) is 20.8 Å². The highest BCUT2D eigenvalue weighted by atomic mass is 16.7. The third-order valence-corrected chi connectivity index (χ3v) is 6.24. The monoisotopic (exact) mass is 501 g/mol. The number of esters is 2. The van der Waals surface area contributed by atoms with Gasteiger partial charge in [-0.05, 0) is 25.5 Å². The molecule has 2 fully saturated rings. The van der Waals surface area contributed by atoms with Crippen LogP contribution in [0.2, 0.25) is 0 Å². The molecule has 1 aromatic carbocycles. The van der Waals surface area contributed by atoms with E-state index in [1.54, 1.807) is 26.0 Å². The molecule has 3 heterocycles. The average molecular weight is 502 g/mol. The molecular weight excluding hydrogens is 470 g/mol. The van der Waals surface area contributed by atoms with Crippen LogP contribution in [0, 0.1) is 0 Å². The Hall–Kier alpha value is -3.05. The van der Waals surface area contributed by atoms with Gasteiger partial charge in [0, 0.05) is 18.9 Å². The van der Waals surface area contributed by atoms with Gasteiger partial charge in [-0.3, -0.25) is 9.59 Å². The molecule has 3 aliphatic rings. The quantitative estimate of drug-likeness (QED) is 0.285. The maximum absolute atomic E-state index is 13.0. The van der Waals surface area contributed by atoms with Gasteiger partial charge in [0.25, 0.3) is 5.91 Å². The lowest BCUT2D eigenvalue weighted by molar-refractivity contribution is -0.165. The maximum Gasteiger partial charge on any atom is 0.330 e. The van der Waals surface area contributed by atoms with Gasteiger partial charge in [0.05, 0.1) is 26.2 Å². The molecule has 194 valence electrons. The zero-order valence-electron chi connectivity index (χ0n) is 20.7. The summed E-state index contributed by atoms with van der Waals surface area (Å²) in [5.74, 6) is -2.10. The molecule has 2 saturated heterocycles. The van der Waals surface area contributed by atoms with E-state index in [-0.39, 0.29) is 18.9 Å². The number of carbonyl (C=O) groups excluding carboxylic acids is 3. The predicted octanol–water partition coefficient (Wildman–Crippen LogP) is 1.88. The van der Waals surface area contributed by atoms with Crippen molar-refractivity contribution in [2.45, 2.75) is 63.1 Å². The number of likely N-dealkylation sites (tertiary alicyclic amines) is 1. The van der Waals surface area contributed by atoms with E-state index in [1.807, 2.05) is 30.3 Å². The molecular formula is C26H31NO9. The Balaban J connectivity index is 1.50. The standard InChI is InChI=1S/C26H31NO9/c1-26(2)34-15-21(36-26)20-12-18(19(35-20)13-23(29)31-3)27-17(24(32-4)25(27)30)10-11-22(28)33-14-16-8-6-5-7-9-16/h5-12,17,19-21,24H,13-15H2,1-4H3/b11-10+/t17-,19-,20+,21+,24+/m1/s1. The summed E-state index contributed by atoms with van der Waals surface area (Å²) >= 11 is 0. The number of ether oxygens (including phenoxy) is 6. The number of hydrogen-bond donors (Lipinski definition) is 0. The zero-order valence-corrected chi connectivity index (χ0v) is 20.7. The molecule has 0 saturated carbocycles. The largest absolute Gasteiger partial charge is 0.469 e. The second kappa shape index (κ2) is 10.9. The normalized spacial score (nSPS) is 29.2. The third-order valence-electron chi connectivity index (χ3n) is 6.24. The molecule has 0 N–H and O–H groups in total. The number of amides is 1. The number of carbonyl (C=O) groups is 3. The molecule has 36 heavy (non-hydrogen) atoms. The van der Waals surface area contributed by atoms with Crippen LogP contribution in [0.25, 0.3) is 0 Å². The van der Waals surface area contributed by atoms with Crippen LogP contribution in [0.15, 0.2) is 54.3 Å². The molecule has 4 rings (SSSR count). The van der Waals surface area contributed by atoms with E-state index in [2.05, 4.69) is 0 Å². The van der Waals surface area contributed by atoms with Crippen LogP contribution in [-0.2, 0) is 49.4 Å². The summed E-state index contributed by atoms with van der Waals surface area (Å²) in [5.41, 5.74) is 1.35. The lowest BCUT2D eigenvalue weighted by atomic mass is 9.94. The lowest BCUT2D eigenvalue weighted by Gasteiger charge is -2.46. The molecule has 0 unspecified atom stereocenters. The smallest absolute Gasteiger partial charge is 0.330 e. The van der Waals surface area contributed by atoms with E-state index < -0.39 is 48.2 Å². The number of benzene rings is 1. The summed E-state index contributed by atoms with van der Waals surface area (Å²) < 4.78 is 33.1. The summed E-state index contributed by atoms with van der Waals surface area (Å²) in [5, 5.41) is 0. The molecule has 5 atom stereocenters. The zero-order chi connectivity index (χ0) is 25.9. The molecule has 1 amide bonds. The topological polar surface area (TPSA) is 110 Å². The Labute approximate surface area is 209 Å². The highest BCUT2D eigenvalue weighted by Crippen LogP contribution is 2.38. The minimum atomic E-state index is -0.785. The maximum atomic E-state index is 13.0.